The number of carbonyl (C=O) groups is 2. The van der Waals surface area contributed by atoms with Gasteiger partial charge in [-0.3, -0.25) is 4.79 Å². The summed E-state index contributed by atoms with van der Waals surface area (Å²) in [5.41, 5.74) is 0.802. The number of carboxylic acid groups (broad SMARTS) is 1. The second kappa shape index (κ2) is 6.64. The van der Waals surface area contributed by atoms with Gasteiger partial charge < -0.3 is 15.2 Å². The van der Waals surface area contributed by atoms with Crippen molar-refractivity contribution < 1.29 is 23.8 Å². The zero-order valence-electron chi connectivity index (χ0n) is 14.9. The second-order valence-electron chi connectivity index (χ2n) is 7.15. The average molecular weight is 380 g/mol. The van der Waals surface area contributed by atoms with Crippen molar-refractivity contribution in [3.05, 3.63) is 58.9 Å². The van der Waals surface area contributed by atoms with E-state index >= 15 is 0 Å². The summed E-state index contributed by atoms with van der Waals surface area (Å²) < 4.78 is 19.8. The van der Waals surface area contributed by atoms with E-state index in [9.17, 15) is 19.1 Å². The highest BCUT2D eigenvalue weighted by atomic mass is 19.1. The molecule has 2 aromatic rings. The molecule has 4 rings (SSSR count). The number of rotatable bonds is 3. The molecule has 28 heavy (non-hydrogen) atoms. The Morgan fingerprint density at radius 1 is 1.29 bits per heavy atom. The number of amides is 1. The number of aromatic carboxylic acids is 1. The lowest BCUT2D eigenvalue weighted by molar-refractivity contribution is -0.122. The lowest BCUT2D eigenvalue weighted by Gasteiger charge is -2.36. The molecule has 1 heterocycles. The molecule has 7 heteroatoms. The third-order valence-corrected chi connectivity index (χ3v) is 5.62. The quantitative estimate of drug-likeness (QED) is 0.847. The zero-order valence-corrected chi connectivity index (χ0v) is 14.9. The monoisotopic (exact) mass is 380 g/mol. The highest BCUT2D eigenvalue weighted by Crippen LogP contribution is 2.48. The molecule has 0 atom stereocenters. The lowest BCUT2D eigenvalue weighted by Crippen LogP contribution is -2.41. The van der Waals surface area contributed by atoms with Crippen LogP contribution in [0.5, 0.6) is 5.75 Å². The van der Waals surface area contributed by atoms with Crippen LogP contribution in [0.25, 0.3) is 0 Å². The van der Waals surface area contributed by atoms with E-state index in [-0.39, 0.29) is 28.9 Å². The Kier molecular flexibility index (Phi) is 4.27. The van der Waals surface area contributed by atoms with Crippen LogP contribution in [-0.4, -0.2) is 23.1 Å². The van der Waals surface area contributed by atoms with E-state index in [0.717, 1.165) is 0 Å². The van der Waals surface area contributed by atoms with Crippen molar-refractivity contribution in [1.82, 2.24) is 0 Å². The Morgan fingerprint density at radius 3 is 2.71 bits per heavy atom. The summed E-state index contributed by atoms with van der Waals surface area (Å²) in [5, 5.41) is 21.3. The van der Waals surface area contributed by atoms with Gasteiger partial charge in [-0.2, -0.15) is 5.26 Å². The normalized spacial score (nSPS) is 23.0. The number of nitrogens with one attached hydrogen (secondary N) is 1. The number of halogens is 1. The van der Waals surface area contributed by atoms with Crippen molar-refractivity contribution in [1.29, 1.82) is 5.26 Å². The maximum Gasteiger partial charge on any atom is 0.335 e. The number of anilines is 1. The summed E-state index contributed by atoms with van der Waals surface area (Å²) >= 11 is 0. The number of hydrogen-bond donors (Lipinski definition) is 2. The first-order valence-electron chi connectivity index (χ1n) is 8.99. The van der Waals surface area contributed by atoms with E-state index < -0.39 is 17.2 Å². The summed E-state index contributed by atoms with van der Waals surface area (Å²) in [7, 11) is 0. The van der Waals surface area contributed by atoms with Gasteiger partial charge in [0.15, 0.2) is 11.6 Å². The van der Waals surface area contributed by atoms with Crippen molar-refractivity contribution in [2.45, 2.75) is 37.2 Å². The summed E-state index contributed by atoms with van der Waals surface area (Å²) in [5.74, 6) is -1.84. The van der Waals surface area contributed by atoms with Crippen molar-refractivity contribution >= 4 is 17.6 Å². The Labute approximate surface area is 160 Å². The molecule has 1 spiro atoms. The van der Waals surface area contributed by atoms with Crippen LogP contribution in [0, 0.1) is 17.1 Å². The summed E-state index contributed by atoms with van der Waals surface area (Å²) in [4.78, 5) is 24.0. The van der Waals surface area contributed by atoms with Gasteiger partial charge in [0.1, 0.15) is 6.07 Å². The SMILES string of the molecule is N#Cc1cccc(F)c1O[C@H]1CC[C@@]2(CC1)C(=O)Nc1ccc(C(=O)O)cc12. The molecule has 1 aliphatic carbocycles. The molecule has 0 saturated heterocycles. The number of nitrogens with zero attached hydrogens (tertiary/aromatic N) is 1. The maximum atomic E-state index is 14.1. The number of hydrogen-bond acceptors (Lipinski definition) is 4. The topological polar surface area (TPSA) is 99.4 Å². The highest BCUT2D eigenvalue weighted by molar-refractivity contribution is 6.07. The average Bonchev–Trinajstić information content (AvgIpc) is 2.96. The number of fused-ring (bicyclic) bond motifs is 2. The molecule has 2 aliphatic rings. The van der Waals surface area contributed by atoms with Crippen LogP contribution < -0.4 is 10.1 Å². The minimum Gasteiger partial charge on any atom is -0.486 e. The largest absolute Gasteiger partial charge is 0.486 e. The molecule has 1 aliphatic heterocycles. The van der Waals surface area contributed by atoms with Gasteiger partial charge in [-0.05, 0) is 61.6 Å². The van der Waals surface area contributed by atoms with Gasteiger partial charge in [0.25, 0.3) is 0 Å². The predicted octanol–water partition coefficient (Wildman–Crippen LogP) is 3.61. The Balaban J connectivity index is 1.57. The van der Waals surface area contributed by atoms with E-state index in [1.165, 1.54) is 24.3 Å². The number of carboxylic acids is 1. The van der Waals surface area contributed by atoms with E-state index in [0.29, 0.717) is 36.9 Å². The predicted molar refractivity (Wildman–Crippen MR) is 97.7 cm³/mol. The van der Waals surface area contributed by atoms with E-state index in [2.05, 4.69) is 5.32 Å². The molecule has 1 saturated carbocycles. The fourth-order valence-corrected chi connectivity index (χ4v) is 4.13. The van der Waals surface area contributed by atoms with Crippen LogP contribution in [0.2, 0.25) is 0 Å². The zero-order chi connectivity index (χ0) is 19.9. The van der Waals surface area contributed by atoms with Gasteiger partial charge in [-0.25, -0.2) is 9.18 Å². The van der Waals surface area contributed by atoms with Crippen LogP contribution in [0.15, 0.2) is 36.4 Å². The van der Waals surface area contributed by atoms with E-state index in [1.54, 1.807) is 12.1 Å². The minimum absolute atomic E-state index is 0.0598. The molecular formula is C21H17FN2O4. The molecule has 6 nitrogen and oxygen atoms in total. The molecule has 0 radical (unpaired) electrons. The first-order valence-corrected chi connectivity index (χ1v) is 8.99. The van der Waals surface area contributed by atoms with Crippen molar-refractivity contribution in [3.63, 3.8) is 0 Å². The van der Waals surface area contributed by atoms with Crippen molar-refractivity contribution in [2.24, 2.45) is 0 Å². The molecule has 0 bridgehead atoms. The van der Waals surface area contributed by atoms with Crippen LogP contribution in [0.1, 0.15) is 47.2 Å². The summed E-state index contributed by atoms with van der Waals surface area (Å²) in [6.07, 6.45) is 1.56. The molecule has 1 amide bonds. The molecule has 1 fully saturated rings. The standard InChI is InChI=1S/C21H17FN2O4/c22-16-3-1-2-13(11-23)18(16)28-14-6-8-21(9-7-14)15-10-12(19(25)26)4-5-17(15)24-20(21)27/h1-5,10,14H,6-9H2,(H,24,27)(H,25,26)/t14-,21-. The van der Waals surface area contributed by atoms with E-state index in [1.807, 2.05) is 6.07 Å². The molecule has 0 unspecified atom stereocenters. The van der Waals surface area contributed by atoms with Crippen molar-refractivity contribution in [3.8, 4) is 11.8 Å². The molecular weight excluding hydrogens is 363 g/mol. The van der Waals surface area contributed by atoms with Crippen molar-refractivity contribution in [2.75, 3.05) is 5.32 Å². The number of para-hydroxylation sites is 1. The maximum absolute atomic E-state index is 14.1. The Morgan fingerprint density at radius 2 is 2.04 bits per heavy atom. The van der Waals surface area contributed by atoms with Crippen LogP contribution in [0.4, 0.5) is 10.1 Å². The number of nitriles is 1. The number of carbonyl (C=O) groups excluding carboxylic acids is 1. The van der Waals surface area contributed by atoms with Gasteiger partial charge in [0.05, 0.1) is 22.6 Å². The Hall–Kier alpha value is -3.40. The molecule has 142 valence electrons. The first kappa shape index (κ1) is 18.0. The molecule has 2 aromatic carbocycles. The smallest absolute Gasteiger partial charge is 0.335 e. The Bertz CT molecular complexity index is 1020. The summed E-state index contributed by atoms with van der Waals surface area (Å²) in [6.45, 7) is 0. The lowest BCUT2D eigenvalue weighted by atomic mass is 9.69. The molecule has 2 N–H and O–H groups in total. The number of ether oxygens (including phenoxy) is 1. The van der Waals surface area contributed by atoms with Crippen LogP contribution in [0.3, 0.4) is 0 Å². The third-order valence-electron chi connectivity index (χ3n) is 5.62. The van der Waals surface area contributed by atoms with Gasteiger partial charge in [0, 0.05) is 5.69 Å². The minimum atomic E-state index is -1.04. The van der Waals surface area contributed by atoms with Crippen LogP contribution in [-0.2, 0) is 10.2 Å². The highest BCUT2D eigenvalue weighted by Gasteiger charge is 2.49. The molecule has 0 aromatic heterocycles. The van der Waals surface area contributed by atoms with Crippen LogP contribution >= 0.6 is 0 Å². The van der Waals surface area contributed by atoms with Gasteiger partial charge in [0.2, 0.25) is 5.91 Å². The summed E-state index contributed by atoms with van der Waals surface area (Å²) in [6, 6.07) is 10.8. The fourth-order valence-electron chi connectivity index (χ4n) is 4.13. The number of benzene rings is 2. The van der Waals surface area contributed by atoms with Gasteiger partial charge >= 0.3 is 5.97 Å². The third kappa shape index (κ3) is 2.78. The van der Waals surface area contributed by atoms with Gasteiger partial charge in [-0.1, -0.05) is 6.07 Å². The first-order chi connectivity index (χ1) is 13.4. The van der Waals surface area contributed by atoms with Gasteiger partial charge in [-0.15, -0.1) is 0 Å². The van der Waals surface area contributed by atoms with E-state index in [4.69, 9.17) is 10.00 Å². The second-order valence-corrected chi connectivity index (χ2v) is 7.15. The fraction of sp³-hybridized carbons (Fsp3) is 0.286.